The Labute approximate surface area is 120 Å². The fourth-order valence-electron chi connectivity index (χ4n) is 1.78. The summed E-state index contributed by atoms with van der Waals surface area (Å²) in [6, 6.07) is 8.21. The smallest absolute Gasteiger partial charge is 0.321 e. The molecule has 0 radical (unpaired) electrons. The summed E-state index contributed by atoms with van der Waals surface area (Å²) in [7, 11) is 0. The van der Waals surface area contributed by atoms with Crippen LogP contribution in [0.4, 0.5) is 0 Å². The fourth-order valence-corrected chi connectivity index (χ4v) is 1.78. The van der Waals surface area contributed by atoms with E-state index in [2.05, 4.69) is 29.1 Å². The normalized spacial score (nSPS) is 10.8. The second-order valence-electron chi connectivity index (χ2n) is 5.32. The molecule has 2 rings (SSSR count). The summed E-state index contributed by atoms with van der Waals surface area (Å²) < 4.78 is 5.61. The van der Waals surface area contributed by atoms with Crippen LogP contribution in [0.3, 0.4) is 0 Å². The highest BCUT2D eigenvalue weighted by Crippen LogP contribution is 2.18. The third-order valence-corrected chi connectivity index (χ3v) is 2.76. The van der Waals surface area contributed by atoms with Crippen molar-refractivity contribution in [3.63, 3.8) is 0 Å². The number of rotatable bonds is 6. The highest BCUT2D eigenvalue weighted by molar-refractivity contribution is 5.29. The SMILES string of the molecule is Cc1cccc(Oc2ncc(CNCC(C)C)cn2)c1. The zero-order chi connectivity index (χ0) is 14.4. The topological polar surface area (TPSA) is 47.0 Å². The Kier molecular flexibility index (Phi) is 5.07. The predicted octanol–water partition coefficient (Wildman–Crippen LogP) is 3.32. The molecule has 0 atom stereocenters. The summed E-state index contributed by atoms with van der Waals surface area (Å²) in [6.45, 7) is 8.16. The van der Waals surface area contributed by atoms with Crippen LogP contribution >= 0.6 is 0 Å². The standard InChI is InChI=1S/C16H21N3O/c1-12(2)8-17-9-14-10-18-16(19-11-14)20-15-6-4-5-13(3)7-15/h4-7,10-12,17H,8-9H2,1-3H3. The van der Waals surface area contributed by atoms with Crippen molar-refractivity contribution in [1.29, 1.82) is 0 Å². The van der Waals surface area contributed by atoms with Crippen LogP contribution in [0.1, 0.15) is 25.0 Å². The van der Waals surface area contributed by atoms with E-state index in [9.17, 15) is 0 Å². The van der Waals surface area contributed by atoms with Crippen LogP contribution in [-0.4, -0.2) is 16.5 Å². The molecule has 1 aromatic carbocycles. The van der Waals surface area contributed by atoms with Gasteiger partial charge in [-0.2, -0.15) is 0 Å². The van der Waals surface area contributed by atoms with E-state index in [0.29, 0.717) is 11.9 Å². The van der Waals surface area contributed by atoms with Gasteiger partial charge in [0.25, 0.3) is 0 Å². The van der Waals surface area contributed by atoms with Crippen molar-refractivity contribution >= 4 is 0 Å². The maximum atomic E-state index is 5.61. The summed E-state index contributed by atoms with van der Waals surface area (Å²) in [5.41, 5.74) is 2.21. The van der Waals surface area contributed by atoms with Crippen molar-refractivity contribution in [2.75, 3.05) is 6.54 Å². The first-order chi connectivity index (χ1) is 9.63. The number of hydrogen-bond donors (Lipinski definition) is 1. The van der Waals surface area contributed by atoms with Crippen LogP contribution in [0, 0.1) is 12.8 Å². The summed E-state index contributed by atoms with van der Waals surface area (Å²) in [6.07, 6.45) is 3.59. The molecule has 4 nitrogen and oxygen atoms in total. The molecule has 0 aliphatic carbocycles. The second kappa shape index (κ2) is 7.01. The predicted molar refractivity (Wildman–Crippen MR) is 79.8 cm³/mol. The average Bonchev–Trinajstić information content (AvgIpc) is 2.40. The molecule has 2 aromatic rings. The molecule has 4 heteroatoms. The van der Waals surface area contributed by atoms with Gasteiger partial charge in [0.15, 0.2) is 0 Å². The molecule has 106 valence electrons. The lowest BCUT2D eigenvalue weighted by Gasteiger charge is -2.08. The summed E-state index contributed by atoms with van der Waals surface area (Å²) in [4.78, 5) is 8.46. The van der Waals surface area contributed by atoms with Gasteiger partial charge in [-0.25, -0.2) is 9.97 Å². The Hall–Kier alpha value is -1.94. The number of aromatic nitrogens is 2. The van der Waals surface area contributed by atoms with Gasteiger partial charge in [0.05, 0.1) is 0 Å². The van der Waals surface area contributed by atoms with Crippen LogP contribution in [0.15, 0.2) is 36.7 Å². The third kappa shape index (κ3) is 4.63. The van der Waals surface area contributed by atoms with E-state index in [4.69, 9.17) is 4.74 Å². The fraction of sp³-hybridized carbons (Fsp3) is 0.375. The highest BCUT2D eigenvalue weighted by atomic mass is 16.5. The molecule has 1 N–H and O–H groups in total. The van der Waals surface area contributed by atoms with Crippen molar-refractivity contribution in [3.05, 3.63) is 47.8 Å². The van der Waals surface area contributed by atoms with E-state index in [0.717, 1.165) is 30.0 Å². The first-order valence-corrected chi connectivity index (χ1v) is 6.89. The molecule has 0 aliphatic heterocycles. The summed E-state index contributed by atoms with van der Waals surface area (Å²) >= 11 is 0. The summed E-state index contributed by atoms with van der Waals surface area (Å²) in [5, 5.41) is 3.36. The van der Waals surface area contributed by atoms with Gasteiger partial charge >= 0.3 is 6.01 Å². The first kappa shape index (κ1) is 14.5. The van der Waals surface area contributed by atoms with Crippen molar-refractivity contribution in [3.8, 4) is 11.8 Å². The average molecular weight is 271 g/mol. The molecule has 1 heterocycles. The Morgan fingerprint density at radius 3 is 2.60 bits per heavy atom. The Morgan fingerprint density at radius 2 is 1.95 bits per heavy atom. The van der Waals surface area contributed by atoms with Crippen LogP contribution in [0.2, 0.25) is 0 Å². The maximum absolute atomic E-state index is 5.61. The Balaban J connectivity index is 1.91. The van der Waals surface area contributed by atoms with E-state index in [1.165, 1.54) is 0 Å². The third-order valence-electron chi connectivity index (χ3n) is 2.76. The van der Waals surface area contributed by atoms with Crippen LogP contribution in [0.25, 0.3) is 0 Å². The molecule has 0 bridgehead atoms. The molecule has 0 saturated heterocycles. The van der Waals surface area contributed by atoms with Gasteiger partial charge in [0.1, 0.15) is 5.75 Å². The zero-order valence-corrected chi connectivity index (χ0v) is 12.3. The van der Waals surface area contributed by atoms with Gasteiger partial charge in [0.2, 0.25) is 0 Å². The lowest BCUT2D eigenvalue weighted by atomic mass is 10.2. The van der Waals surface area contributed by atoms with E-state index in [1.807, 2.05) is 31.2 Å². The zero-order valence-electron chi connectivity index (χ0n) is 12.3. The lowest BCUT2D eigenvalue weighted by molar-refractivity contribution is 0.440. The Bertz CT molecular complexity index is 538. The minimum absolute atomic E-state index is 0.378. The first-order valence-electron chi connectivity index (χ1n) is 6.89. The largest absolute Gasteiger partial charge is 0.424 e. The van der Waals surface area contributed by atoms with Gasteiger partial charge in [0, 0.05) is 24.5 Å². The number of benzene rings is 1. The number of nitrogens with zero attached hydrogens (tertiary/aromatic N) is 2. The van der Waals surface area contributed by atoms with Crippen molar-refractivity contribution < 1.29 is 4.74 Å². The van der Waals surface area contributed by atoms with Crippen LogP contribution < -0.4 is 10.1 Å². The number of aryl methyl sites for hydroxylation is 1. The van der Waals surface area contributed by atoms with Gasteiger partial charge in [-0.15, -0.1) is 0 Å². The van der Waals surface area contributed by atoms with Gasteiger partial charge in [-0.1, -0.05) is 26.0 Å². The minimum atomic E-state index is 0.378. The Morgan fingerprint density at radius 1 is 1.20 bits per heavy atom. The molecule has 0 fully saturated rings. The number of ether oxygens (including phenoxy) is 1. The molecule has 0 aliphatic rings. The van der Waals surface area contributed by atoms with Crippen molar-refractivity contribution in [2.24, 2.45) is 5.92 Å². The van der Waals surface area contributed by atoms with E-state index in [1.54, 1.807) is 12.4 Å². The molecule has 20 heavy (non-hydrogen) atoms. The van der Waals surface area contributed by atoms with Crippen molar-refractivity contribution in [2.45, 2.75) is 27.3 Å². The van der Waals surface area contributed by atoms with E-state index in [-0.39, 0.29) is 0 Å². The second-order valence-corrected chi connectivity index (χ2v) is 5.32. The van der Waals surface area contributed by atoms with Gasteiger partial charge < -0.3 is 10.1 Å². The van der Waals surface area contributed by atoms with Crippen molar-refractivity contribution in [1.82, 2.24) is 15.3 Å². The summed E-state index contributed by atoms with van der Waals surface area (Å²) in [5.74, 6) is 1.40. The molecule has 0 spiro atoms. The molecule has 0 unspecified atom stereocenters. The minimum Gasteiger partial charge on any atom is -0.424 e. The molecule has 0 amide bonds. The number of hydrogen-bond acceptors (Lipinski definition) is 4. The van der Waals surface area contributed by atoms with Gasteiger partial charge in [-0.3, -0.25) is 0 Å². The molecule has 1 aromatic heterocycles. The van der Waals surface area contributed by atoms with E-state index < -0.39 is 0 Å². The van der Waals surface area contributed by atoms with Gasteiger partial charge in [-0.05, 0) is 37.1 Å². The molecule has 0 saturated carbocycles. The number of nitrogens with one attached hydrogen (secondary N) is 1. The maximum Gasteiger partial charge on any atom is 0.321 e. The quantitative estimate of drug-likeness (QED) is 0.875. The highest BCUT2D eigenvalue weighted by Gasteiger charge is 2.01. The lowest BCUT2D eigenvalue weighted by Crippen LogP contribution is -2.19. The van der Waals surface area contributed by atoms with E-state index >= 15 is 0 Å². The molecular weight excluding hydrogens is 250 g/mol. The monoisotopic (exact) mass is 271 g/mol. The molecular formula is C16H21N3O. The van der Waals surface area contributed by atoms with Crippen LogP contribution in [0.5, 0.6) is 11.8 Å². The van der Waals surface area contributed by atoms with Crippen LogP contribution in [-0.2, 0) is 6.54 Å².